The van der Waals surface area contributed by atoms with E-state index in [4.69, 9.17) is 11.6 Å². The highest BCUT2D eigenvalue weighted by Gasteiger charge is 2.31. The van der Waals surface area contributed by atoms with Crippen LogP contribution in [0.15, 0.2) is 42.6 Å². The summed E-state index contributed by atoms with van der Waals surface area (Å²) in [6, 6.07) is 6.67. The van der Waals surface area contributed by atoms with Crippen molar-refractivity contribution in [1.29, 1.82) is 0 Å². The Labute approximate surface area is 208 Å². The van der Waals surface area contributed by atoms with E-state index in [0.717, 1.165) is 12.1 Å². The number of hydrogen-bond acceptors (Lipinski definition) is 4. The first-order valence-corrected chi connectivity index (χ1v) is 11.0. The third-order valence-corrected chi connectivity index (χ3v) is 5.73. The van der Waals surface area contributed by atoms with E-state index in [1.807, 2.05) is 0 Å². The fraction of sp³-hybridized carbons (Fsp3) is 0.250. The number of carbonyl (C=O) groups is 3. The maximum atomic E-state index is 14.0. The van der Waals surface area contributed by atoms with Gasteiger partial charge in [0.05, 0.1) is 17.8 Å². The molecule has 36 heavy (non-hydrogen) atoms. The van der Waals surface area contributed by atoms with Crippen LogP contribution in [0.2, 0.25) is 5.02 Å². The van der Waals surface area contributed by atoms with Gasteiger partial charge in [0.2, 0.25) is 0 Å². The van der Waals surface area contributed by atoms with Crippen LogP contribution in [-0.2, 0) is 17.5 Å². The number of alkyl halides is 3. The van der Waals surface area contributed by atoms with E-state index in [9.17, 15) is 31.9 Å². The lowest BCUT2D eigenvalue weighted by Crippen LogP contribution is -2.24. The number of anilines is 1. The van der Waals surface area contributed by atoms with Crippen molar-refractivity contribution < 1.29 is 31.9 Å². The lowest BCUT2D eigenvalue weighted by atomic mass is 9.96. The van der Waals surface area contributed by atoms with Crippen molar-refractivity contribution in [3.05, 3.63) is 81.6 Å². The second kappa shape index (κ2) is 10.5. The summed E-state index contributed by atoms with van der Waals surface area (Å²) in [7, 11) is 1.38. The van der Waals surface area contributed by atoms with Gasteiger partial charge in [-0.15, -0.1) is 0 Å². The van der Waals surface area contributed by atoms with E-state index in [0.29, 0.717) is 11.8 Å². The normalized spacial score (nSPS) is 12.2. The molecule has 1 atom stereocenters. The van der Waals surface area contributed by atoms with E-state index < -0.39 is 35.3 Å². The highest BCUT2D eigenvalue weighted by molar-refractivity contribution is 6.31. The predicted molar refractivity (Wildman–Crippen MR) is 125 cm³/mol. The molecular formula is C24H21ClF4N4O3. The van der Waals surface area contributed by atoms with Crippen LogP contribution in [0.5, 0.6) is 0 Å². The number of amides is 2. The number of aromatic nitrogens is 2. The molecule has 190 valence electrons. The summed E-state index contributed by atoms with van der Waals surface area (Å²) >= 11 is 6.29. The number of pyridine rings is 1. The molecule has 0 aliphatic carbocycles. The fourth-order valence-electron chi connectivity index (χ4n) is 3.72. The quantitative estimate of drug-likeness (QED) is 0.423. The van der Waals surface area contributed by atoms with Crippen LogP contribution >= 0.6 is 11.6 Å². The van der Waals surface area contributed by atoms with Crippen molar-refractivity contribution in [3.63, 3.8) is 0 Å². The van der Waals surface area contributed by atoms with Gasteiger partial charge >= 0.3 is 6.18 Å². The second-order valence-electron chi connectivity index (χ2n) is 7.97. The smallest absolute Gasteiger partial charge is 0.354 e. The first-order chi connectivity index (χ1) is 16.8. The van der Waals surface area contributed by atoms with Gasteiger partial charge in [-0.25, -0.2) is 4.39 Å². The minimum atomic E-state index is -4.62. The van der Waals surface area contributed by atoms with E-state index in [-0.39, 0.29) is 40.1 Å². The Hall–Kier alpha value is -3.73. The number of nitrogens with zero attached hydrogens (tertiary/aromatic N) is 2. The van der Waals surface area contributed by atoms with Crippen molar-refractivity contribution in [3.8, 4) is 0 Å². The maximum Gasteiger partial charge on any atom is 0.417 e. The molecule has 2 heterocycles. The molecule has 3 rings (SSSR count). The largest absolute Gasteiger partial charge is 0.417 e. The summed E-state index contributed by atoms with van der Waals surface area (Å²) in [4.78, 5) is 41.1. The van der Waals surface area contributed by atoms with Gasteiger partial charge < -0.3 is 15.2 Å². The van der Waals surface area contributed by atoms with Crippen LogP contribution in [0, 0.1) is 5.82 Å². The number of benzene rings is 1. The van der Waals surface area contributed by atoms with E-state index in [1.165, 1.54) is 42.8 Å². The average molecular weight is 525 g/mol. The molecule has 0 bridgehead atoms. The molecule has 0 unspecified atom stereocenters. The van der Waals surface area contributed by atoms with Crippen LogP contribution in [-0.4, -0.2) is 34.2 Å². The molecule has 2 aromatic heterocycles. The van der Waals surface area contributed by atoms with E-state index in [2.05, 4.69) is 15.6 Å². The lowest BCUT2D eigenvalue weighted by Gasteiger charge is -2.20. The minimum Gasteiger partial charge on any atom is -0.354 e. The third kappa shape index (κ3) is 5.73. The van der Waals surface area contributed by atoms with Gasteiger partial charge in [-0.2, -0.15) is 13.2 Å². The Morgan fingerprint density at radius 2 is 1.81 bits per heavy atom. The molecule has 7 nitrogen and oxygen atoms in total. The molecule has 0 saturated carbocycles. The second-order valence-corrected chi connectivity index (χ2v) is 8.37. The fourth-order valence-corrected chi connectivity index (χ4v) is 4.00. The standard InChI is InChI=1S/C24H21ClF4N4O3/c1-12(34)11-33-20(23(36)30-3)9-19(21(33)13(2)16-8-15(26)5-6-17(16)25)32-22(35)18-7-4-14(10-31-18)24(27,28)29/h4-10,13H,11H2,1-3H3,(H,30,36)(H,32,35)/t13-/m1/s1. The Balaban J connectivity index is 2.13. The molecule has 2 amide bonds. The van der Waals surface area contributed by atoms with Crippen LogP contribution in [0.4, 0.5) is 23.2 Å². The third-order valence-electron chi connectivity index (χ3n) is 5.39. The van der Waals surface area contributed by atoms with Crippen LogP contribution < -0.4 is 10.6 Å². The first-order valence-electron chi connectivity index (χ1n) is 10.6. The molecule has 0 spiro atoms. The molecule has 0 aliphatic heterocycles. The van der Waals surface area contributed by atoms with Crippen LogP contribution in [0.25, 0.3) is 0 Å². The number of hydrogen-bond donors (Lipinski definition) is 2. The Morgan fingerprint density at radius 1 is 1.11 bits per heavy atom. The Morgan fingerprint density at radius 3 is 2.36 bits per heavy atom. The molecule has 0 radical (unpaired) electrons. The number of halogens is 5. The van der Waals surface area contributed by atoms with Gasteiger partial charge in [-0.1, -0.05) is 18.5 Å². The highest BCUT2D eigenvalue weighted by atomic mass is 35.5. The maximum absolute atomic E-state index is 14.0. The van der Waals surface area contributed by atoms with Crippen LogP contribution in [0.3, 0.4) is 0 Å². The molecule has 0 saturated heterocycles. The van der Waals surface area contributed by atoms with Gasteiger partial charge in [-0.05, 0) is 48.9 Å². The highest BCUT2D eigenvalue weighted by Crippen LogP contribution is 2.37. The molecule has 0 fully saturated rings. The first kappa shape index (κ1) is 26.9. The molecule has 0 aliphatic rings. The van der Waals surface area contributed by atoms with Gasteiger partial charge in [0.1, 0.15) is 23.0 Å². The number of ketones is 1. The molecule has 12 heteroatoms. The van der Waals surface area contributed by atoms with Gasteiger partial charge in [0.25, 0.3) is 11.8 Å². The van der Waals surface area contributed by atoms with Crippen molar-refractivity contribution >= 4 is 34.9 Å². The van der Waals surface area contributed by atoms with Gasteiger partial charge in [0.15, 0.2) is 0 Å². The average Bonchev–Trinajstić information content (AvgIpc) is 3.15. The van der Waals surface area contributed by atoms with E-state index in [1.54, 1.807) is 6.92 Å². The zero-order valence-corrected chi connectivity index (χ0v) is 20.1. The van der Waals surface area contributed by atoms with Gasteiger partial charge in [-0.3, -0.25) is 19.4 Å². The van der Waals surface area contributed by atoms with Gasteiger partial charge in [0, 0.05) is 29.9 Å². The number of nitrogens with one attached hydrogen (secondary N) is 2. The summed E-state index contributed by atoms with van der Waals surface area (Å²) in [6.45, 7) is 2.71. The summed E-state index contributed by atoms with van der Waals surface area (Å²) in [5.74, 6) is -3.02. The lowest BCUT2D eigenvalue weighted by molar-refractivity contribution is -0.137. The van der Waals surface area contributed by atoms with Crippen molar-refractivity contribution in [2.75, 3.05) is 12.4 Å². The topological polar surface area (TPSA) is 93.1 Å². The van der Waals surface area contributed by atoms with E-state index >= 15 is 0 Å². The summed E-state index contributed by atoms with van der Waals surface area (Å²) in [5, 5.41) is 5.21. The minimum absolute atomic E-state index is 0.0257. The zero-order valence-electron chi connectivity index (χ0n) is 19.3. The van der Waals surface area contributed by atoms with Crippen molar-refractivity contribution in [1.82, 2.24) is 14.9 Å². The van der Waals surface area contributed by atoms with Crippen molar-refractivity contribution in [2.45, 2.75) is 32.5 Å². The Bertz CT molecular complexity index is 1320. The van der Waals surface area contributed by atoms with Crippen LogP contribution in [0.1, 0.15) is 57.6 Å². The molecule has 1 aromatic carbocycles. The predicted octanol–water partition coefficient (Wildman–Crippen LogP) is 5.05. The number of Topliss-reactive ketones (excluding diaryl/α,β-unsaturated/α-hetero) is 1. The van der Waals surface area contributed by atoms with Crippen molar-refractivity contribution in [2.24, 2.45) is 0 Å². The monoisotopic (exact) mass is 524 g/mol. The zero-order chi connectivity index (χ0) is 26.8. The molecular weight excluding hydrogens is 504 g/mol. The Kier molecular flexibility index (Phi) is 7.83. The summed E-state index contributed by atoms with van der Waals surface area (Å²) < 4.78 is 53.9. The summed E-state index contributed by atoms with van der Waals surface area (Å²) in [5.41, 5.74) is -0.648. The number of rotatable bonds is 7. The molecule has 2 N–H and O–H groups in total. The molecule has 3 aromatic rings. The summed E-state index contributed by atoms with van der Waals surface area (Å²) in [6.07, 6.45) is -4.09. The SMILES string of the molecule is CNC(=O)c1cc(NC(=O)c2ccc(C(F)(F)F)cn2)c([C@H](C)c2cc(F)ccc2Cl)n1CC(C)=O. The number of carbonyl (C=O) groups excluding carboxylic acids is 3.